The lowest BCUT2D eigenvalue weighted by atomic mass is 10.0. The average molecular weight is 356 g/mol. The molecule has 0 bridgehead atoms. The highest BCUT2D eigenvalue weighted by Gasteiger charge is 2.51. The maximum Gasteiger partial charge on any atom is 0.410 e. The number of amides is 2. The van der Waals surface area contributed by atoms with Crippen LogP contribution >= 0.6 is 11.8 Å². The van der Waals surface area contributed by atoms with E-state index in [1.807, 2.05) is 7.05 Å². The topological polar surface area (TPSA) is 116 Å². The van der Waals surface area contributed by atoms with Crippen LogP contribution in [0.2, 0.25) is 0 Å². The van der Waals surface area contributed by atoms with Gasteiger partial charge in [0.05, 0.1) is 0 Å². The molecule has 24 heavy (non-hydrogen) atoms. The summed E-state index contributed by atoms with van der Waals surface area (Å²) < 4.78 is 5.27. The summed E-state index contributed by atoms with van der Waals surface area (Å²) in [4.78, 5) is 40.4. The number of carbonyl (C=O) groups excluding carboxylic acids is 2. The van der Waals surface area contributed by atoms with Gasteiger partial charge in [-0.15, -0.1) is 11.8 Å². The van der Waals surface area contributed by atoms with E-state index in [0.29, 0.717) is 24.4 Å². The first-order valence-corrected chi connectivity index (χ1v) is 8.71. The van der Waals surface area contributed by atoms with E-state index >= 15 is 0 Å². The number of carbonyl (C=O) groups is 3. The number of carboxylic acid groups (broad SMARTS) is 1. The first-order valence-electron chi connectivity index (χ1n) is 7.66. The molecule has 0 radical (unpaired) electrons. The van der Waals surface area contributed by atoms with E-state index in [9.17, 15) is 19.5 Å². The Kier molecular flexibility index (Phi) is 4.70. The zero-order valence-corrected chi connectivity index (χ0v) is 14.1. The largest absolute Gasteiger partial charge is 0.477 e. The molecule has 0 saturated carbocycles. The van der Waals surface area contributed by atoms with E-state index in [1.54, 1.807) is 4.90 Å². The Bertz CT molecular complexity index is 602. The van der Waals surface area contributed by atoms with Gasteiger partial charge in [0.2, 0.25) is 5.91 Å². The summed E-state index contributed by atoms with van der Waals surface area (Å²) in [6.07, 6.45) is -0.459. The van der Waals surface area contributed by atoms with Gasteiger partial charge in [-0.2, -0.15) is 0 Å². The second kappa shape index (κ2) is 6.61. The van der Waals surface area contributed by atoms with Crippen LogP contribution in [0.3, 0.4) is 0 Å². The lowest BCUT2D eigenvalue weighted by Gasteiger charge is -2.47. The summed E-state index contributed by atoms with van der Waals surface area (Å²) in [6.45, 7) is 2.57. The van der Waals surface area contributed by atoms with Gasteiger partial charge >= 0.3 is 12.1 Å². The molecule has 3 rings (SSSR count). The Balaban J connectivity index is 1.65. The number of piperazine rings is 1. The predicted molar refractivity (Wildman–Crippen MR) is 86.1 cm³/mol. The number of hydrogen-bond acceptors (Lipinski definition) is 7. The van der Waals surface area contributed by atoms with Crippen molar-refractivity contribution < 1.29 is 24.2 Å². The molecule has 3 heterocycles. The summed E-state index contributed by atoms with van der Waals surface area (Å²) in [5.74, 6) is -1.24. The minimum absolute atomic E-state index is 0.100. The van der Waals surface area contributed by atoms with E-state index in [-0.39, 0.29) is 17.7 Å². The molecular weight excluding hydrogens is 336 g/mol. The van der Waals surface area contributed by atoms with Crippen molar-refractivity contribution in [3.63, 3.8) is 0 Å². The molecule has 0 aromatic heterocycles. The highest BCUT2D eigenvalue weighted by atomic mass is 32.2. The van der Waals surface area contributed by atoms with Gasteiger partial charge in [0.1, 0.15) is 23.7 Å². The number of fused-ring (bicyclic) bond motifs is 1. The number of aliphatic carboxylic acids is 1. The van der Waals surface area contributed by atoms with Crippen LogP contribution in [0.4, 0.5) is 4.79 Å². The summed E-state index contributed by atoms with van der Waals surface area (Å²) >= 11 is 1.39. The molecule has 132 valence electrons. The average Bonchev–Trinajstić information content (AvgIpc) is 2.58. The van der Waals surface area contributed by atoms with Crippen molar-refractivity contribution >= 4 is 29.7 Å². The number of nitrogens with two attached hydrogens (primary N) is 1. The van der Waals surface area contributed by atoms with Crippen molar-refractivity contribution in [3.05, 3.63) is 11.3 Å². The molecule has 0 spiro atoms. The van der Waals surface area contributed by atoms with Crippen LogP contribution in [0, 0.1) is 0 Å². The zero-order valence-electron chi connectivity index (χ0n) is 13.3. The second-order valence-electron chi connectivity index (χ2n) is 6.04. The number of hydrogen-bond donors (Lipinski definition) is 2. The first kappa shape index (κ1) is 17.1. The smallest absolute Gasteiger partial charge is 0.410 e. The number of carboxylic acids is 1. The van der Waals surface area contributed by atoms with Crippen molar-refractivity contribution in [1.29, 1.82) is 0 Å². The zero-order chi connectivity index (χ0) is 17.4. The first-order chi connectivity index (χ1) is 11.4. The Morgan fingerprint density at radius 3 is 2.62 bits per heavy atom. The van der Waals surface area contributed by atoms with Crippen molar-refractivity contribution in [2.75, 3.05) is 45.6 Å². The van der Waals surface area contributed by atoms with Crippen LogP contribution in [0.15, 0.2) is 11.3 Å². The van der Waals surface area contributed by atoms with Crippen molar-refractivity contribution in [2.45, 2.75) is 11.4 Å². The molecule has 0 aliphatic carbocycles. The predicted octanol–water partition coefficient (Wildman–Crippen LogP) is -1.05. The molecule has 1 unspecified atom stereocenters. The number of nitrogens with zero attached hydrogens (tertiary/aromatic N) is 3. The highest BCUT2D eigenvalue weighted by Crippen LogP contribution is 2.39. The minimum Gasteiger partial charge on any atom is -0.477 e. The monoisotopic (exact) mass is 356 g/mol. The molecule has 2 saturated heterocycles. The van der Waals surface area contributed by atoms with Gasteiger partial charge in [0, 0.05) is 37.5 Å². The van der Waals surface area contributed by atoms with E-state index in [0.717, 1.165) is 13.1 Å². The summed E-state index contributed by atoms with van der Waals surface area (Å²) in [6, 6.07) is -0.668. The van der Waals surface area contributed by atoms with Gasteiger partial charge in [-0.1, -0.05) is 0 Å². The molecule has 2 fully saturated rings. The SMILES string of the molecule is CN1CCN(C(=O)OCC2=C(C(=O)O)N3C(=O)C(N)[C@@H]3SC2)CC1. The lowest BCUT2D eigenvalue weighted by Crippen LogP contribution is -2.68. The fraction of sp³-hybridized carbons (Fsp3) is 0.643. The highest BCUT2D eigenvalue weighted by molar-refractivity contribution is 8.00. The fourth-order valence-corrected chi connectivity index (χ4v) is 4.19. The molecular formula is C14H20N4O5S. The van der Waals surface area contributed by atoms with Crippen LogP contribution in [0.1, 0.15) is 0 Å². The maximum absolute atomic E-state index is 12.1. The number of rotatable bonds is 3. The fourth-order valence-electron chi connectivity index (χ4n) is 2.92. The van der Waals surface area contributed by atoms with E-state index in [1.165, 1.54) is 16.7 Å². The third kappa shape index (κ3) is 2.96. The van der Waals surface area contributed by atoms with Crippen LogP contribution in [0.5, 0.6) is 0 Å². The Morgan fingerprint density at radius 2 is 2.00 bits per heavy atom. The van der Waals surface area contributed by atoms with Crippen LogP contribution < -0.4 is 5.73 Å². The van der Waals surface area contributed by atoms with Crippen molar-refractivity contribution in [1.82, 2.24) is 14.7 Å². The van der Waals surface area contributed by atoms with Gasteiger partial charge in [0.25, 0.3) is 0 Å². The quantitative estimate of drug-likeness (QED) is 0.616. The number of ether oxygens (including phenoxy) is 1. The summed E-state index contributed by atoms with van der Waals surface area (Å²) in [7, 11) is 1.98. The molecule has 0 aromatic carbocycles. The Morgan fingerprint density at radius 1 is 1.33 bits per heavy atom. The lowest BCUT2D eigenvalue weighted by molar-refractivity contribution is -0.148. The molecule has 2 amide bonds. The van der Waals surface area contributed by atoms with Gasteiger partial charge in [-0.05, 0) is 7.05 Å². The molecule has 3 aliphatic heterocycles. The normalized spacial score (nSPS) is 27.7. The van der Waals surface area contributed by atoms with Gasteiger partial charge in [0.15, 0.2) is 0 Å². The van der Waals surface area contributed by atoms with Crippen molar-refractivity contribution in [3.8, 4) is 0 Å². The number of thioether (sulfide) groups is 1. The number of β-lactam (4-membered cyclic amide) rings is 1. The molecule has 9 nitrogen and oxygen atoms in total. The van der Waals surface area contributed by atoms with Gasteiger partial charge < -0.3 is 25.4 Å². The standard InChI is InChI=1S/C14H20N4O5S/c1-16-2-4-17(5-3-16)14(22)23-6-8-7-24-12-9(15)11(19)18(12)10(8)13(20)21/h9,12H,2-7,15H2,1H3,(H,20,21)/t9?,12-/m0/s1. The van der Waals surface area contributed by atoms with Gasteiger partial charge in [-0.3, -0.25) is 9.69 Å². The Hall–Kier alpha value is -1.78. The number of likely N-dealkylation sites (N-methyl/N-ethyl adjacent to an activating group) is 1. The Labute approximate surface area is 143 Å². The third-order valence-electron chi connectivity index (χ3n) is 4.42. The molecule has 3 N–H and O–H groups in total. The van der Waals surface area contributed by atoms with E-state index in [2.05, 4.69) is 4.90 Å². The second-order valence-corrected chi connectivity index (χ2v) is 7.14. The van der Waals surface area contributed by atoms with Crippen LogP contribution in [-0.2, 0) is 14.3 Å². The van der Waals surface area contributed by atoms with Crippen LogP contribution in [0.25, 0.3) is 0 Å². The third-order valence-corrected chi connectivity index (χ3v) is 5.78. The van der Waals surface area contributed by atoms with Gasteiger partial charge in [-0.25, -0.2) is 9.59 Å². The van der Waals surface area contributed by atoms with E-state index in [4.69, 9.17) is 10.5 Å². The summed E-state index contributed by atoms with van der Waals surface area (Å²) in [5, 5.41) is 9.07. The van der Waals surface area contributed by atoms with E-state index < -0.39 is 24.0 Å². The minimum atomic E-state index is -1.20. The molecule has 2 atom stereocenters. The molecule has 0 aromatic rings. The molecule has 3 aliphatic rings. The molecule has 10 heteroatoms. The maximum atomic E-state index is 12.1. The van der Waals surface area contributed by atoms with Crippen molar-refractivity contribution in [2.24, 2.45) is 5.73 Å². The summed E-state index contributed by atoms with van der Waals surface area (Å²) in [5.41, 5.74) is 6.01. The van der Waals surface area contributed by atoms with Crippen LogP contribution in [-0.4, -0.2) is 94.8 Å².